The van der Waals surface area contributed by atoms with Gasteiger partial charge < -0.3 is 18.9 Å². The molecule has 0 spiro atoms. The summed E-state index contributed by atoms with van der Waals surface area (Å²) in [6, 6.07) is 0. The number of hydrogen-bond acceptors (Lipinski definition) is 5. The average molecular weight is 244 g/mol. The molecule has 0 saturated carbocycles. The van der Waals surface area contributed by atoms with Gasteiger partial charge in [-0.15, -0.1) is 0 Å². The van der Waals surface area contributed by atoms with Gasteiger partial charge in [-0.1, -0.05) is 6.92 Å². The molecule has 0 N–H and O–H groups in total. The molecule has 0 amide bonds. The van der Waals surface area contributed by atoms with Gasteiger partial charge in [0.2, 0.25) is 0 Å². The quantitative estimate of drug-likeness (QED) is 0.321. The predicted octanol–water partition coefficient (Wildman–Crippen LogP) is -1.16. The fraction of sp³-hybridized carbons (Fsp3) is 0.778. The first-order valence-corrected chi connectivity index (χ1v) is 6.46. The van der Waals surface area contributed by atoms with E-state index in [-0.39, 0.29) is 44.0 Å². The molecule has 0 heterocycles. The van der Waals surface area contributed by atoms with Gasteiger partial charge in [-0.05, 0) is 27.4 Å². The maximum Gasteiger partial charge on any atom is 1.00 e. The van der Waals surface area contributed by atoms with E-state index in [1.165, 1.54) is 6.92 Å². The summed E-state index contributed by atoms with van der Waals surface area (Å²) in [7, 11) is -3.45. The van der Waals surface area contributed by atoms with Crippen LogP contribution in [0.2, 0.25) is 0 Å². The first-order valence-electron chi connectivity index (χ1n) is 4.92. The van der Waals surface area contributed by atoms with Crippen molar-refractivity contribution >= 4 is 7.60 Å². The molecule has 0 atom stereocenters. The Hall–Kier alpha value is 0.0874. The molecule has 0 unspecified atom stereocenters. The van der Waals surface area contributed by atoms with Gasteiger partial charge in [0.05, 0.1) is 24.5 Å². The summed E-state index contributed by atoms with van der Waals surface area (Å²) < 4.78 is 26.8. The summed E-state index contributed by atoms with van der Waals surface area (Å²) in [6.45, 7) is 7.12. The van der Waals surface area contributed by atoms with Crippen molar-refractivity contribution in [2.45, 2.75) is 27.7 Å². The second-order valence-electron chi connectivity index (χ2n) is 2.64. The summed E-state index contributed by atoms with van der Waals surface area (Å²) >= 11 is 0. The Balaban J connectivity index is 0. The van der Waals surface area contributed by atoms with E-state index in [0.29, 0.717) is 0 Å². The van der Waals surface area contributed by atoms with E-state index in [2.05, 4.69) is 0 Å². The van der Waals surface area contributed by atoms with Crippen LogP contribution >= 0.6 is 7.60 Å². The maximum absolute atomic E-state index is 12.0. The van der Waals surface area contributed by atoms with E-state index < -0.39 is 13.5 Å². The standard InChI is InChI=1S/C9H19O5P.Li/c1-5-12-9(10)8(4)15(11,13-6-2)14-7-3;/h10H,5-7H2,1-4H3;/q;+1/p-1/b9-8+;. The van der Waals surface area contributed by atoms with Gasteiger partial charge >= 0.3 is 26.5 Å². The van der Waals surface area contributed by atoms with Crippen LogP contribution in [0, 0.1) is 0 Å². The van der Waals surface area contributed by atoms with E-state index in [4.69, 9.17) is 13.8 Å². The van der Waals surface area contributed by atoms with Gasteiger partial charge in [0.1, 0.15) is 0 Å². The molecule has 0 aliphatic heterocycles. The molecule has 7 heteroatoms. The third kappa shape index (κ3) is 5.43. The molecule has 0 aromatic rings. The van der Waals surface area contributed by atoms with Crippen molar-refractivity contribution in [1.29, 1.82) is 0 Å². The maximum atomic E-state index is 12.0. The first-order chi connectivity index (χ1) is 7.01. The third-order valence-electron chi connectivity index (χ3n) is 1.58. The molecule has 0 aromatic carbocycles. The minimum Gasteiger partial charge on any atom is -0.613 e. The SMILES string of the molecule is CCO/C([O-])=C(\C)P(=O)(OCC)OCC.[Li+]. The molecule has 0 aliphatic rings. The fourth-order valence-corrected chi connectivity index (χ4v) is 2.35. The van der Waals surface area contributed by atoms with Gasteiger partial charge in [-0.25, -0.2) is 0 Å². The van der Waals surface area contributed by atoms with E-state index >= 15 is 0 Å². The first kappa shape index (κ1) is 18.5. The van der Waals surface area contributed by atoms with Crippen molar-refractivity contribution in [3.63, 3.8) is 0 Å². The Morgan fingerprint density at radius 1 is 1.12 bits per heavy atom. The molecular formula is C9H18LiO5P. The Kier molecular flexibility index (Phi) is 10.6. The molecule has 16 heavy (non-hydrogen) atoms. The normalized spacial score (nSPS) is 12.8. The van der Waals surface area contributed by atoms with E-state index in [1.54, 1.807) is 20.8 Å². The van der Waals surface area contributed by atoms with Crippen LogP contribution in [0.3, 0.4) is 0 Å². The zero-order valence-electron chi connectivity index (χ0n) is 10.6. The summed E-state index contributed by atoms with van der Waals surface area (Å²) in [5.74, 6) is -0.636. The summed E-state index contributed by atoms with van der Waals surface area (Å²) in [4.78, 5) is 0. The molecule has 90 valence electrons. The monoisotopic (exact) mass is 244 g/mol. The van der Waals surface area contributed by atoms with Crippen molar-refractivity contribution in [2.75, 3.05) is 19.8 Å². The van der Waals surface area contributed by atoms with Crippen molar-refractivity contribution in [2.24, 2.45) is 0 Å². The van der Waals surface area contributed by atoms with E-state index in [9.17, 15) is 9.67 Å². The van der Waals surface area contributed by atoms with Crippen molar-refractivity contribution < 1.29 is 42.3 Å². The molecule has 0 aromatic heterocycles. The molecule has 0 aliphatic carbocycles. The van der Waals surface area contributed by atoms with Crippen LogP contribution in [0.15, 0.2) is 11.3 Å². The molecule has 0 fully saturated rings. The van der Waals surface area contributed by atoms with Crippen LogP contribution in [-0.2, 0) is 18.3 Å². The number of ether oxygens (including phenoxy) is 1. The van der Waals surface area contributed by atoms with Crippen LogP contribution in [-0.4, -0.2) is 19.8 Å². The summed E-state index contributed by atoms with van der Waals surface area (Å²) in [5, 5.41) is 11.3. The van der Waals surface area contributed by atoms with E-state index in [0.717, 1.165) is 0 Å². The zero-order chi connectivity index (χ0) is 11.9. The molecule has 0 radical (unpaired) electrons. The van der Waals surface area contributed by atoms with Gasteiger partial charge in [0, 0.05) is 0 Å². The Labute approximate surface area is 109 Å². The Morgan fingerprint density at radius 2 is 1.56 bits per heavy atom. The average Bonchev–Trinajstić information content (AvgIpc) is 2.17. The second kappa shape index (κ2) is 9.15. The Morgan fingerprint density at radius 3 is 1.88 bits per heavy atom. The van der Waals surface area contributed by atoms with Crippen LogP contribution in [0.1, 0.15) is 27.7 Å². The number of hydrogen-bond donors (Lipinski definition) is 0. The number of allylic oxidation sites excluding steroid dienone is 1. The molecule has 5 nitrogen and oxygen atoms in total. The van der Waals surface area contributed by atoms with Crippen LogP contribution in [0.5, 0.6) is 0 Å². The number of rotatable bonds is 7. The van der Waals surface area contributed by atoms with Gasteiger partial charge in [-0.3, -0.25) is 4.57 Å². The molecule has 0 rings (SSSR count). The van der Waals surface area contributed by atoms with Gasteiger partial charge in [0.25, 0.3) is 0 Å². The second-order valence-corrected chi connectivity index (χ2v) is 4.82. The van der Waals surface area contributed by atoms with Crippen molar-refractivity contribution in [3.05, 3.63) is 11.3 Å². The zero-order valence-corrected chi connectivity index (χ0v) is 11.5. The molecular weight excluding hydrogens is 226 g/mol. The summed E-state index contributed by atoms with van der Waals surface area (Å²) in [6.07, 6.45) is 0. The molecule has 0 bridgehead atoms. The molecule has 0 saturated heterocycles. The van der Waals surface area contributed by atoms with Crippen LogP contribution in [0.25, 0.3) is 0 Å². The predicted molar refractivity (Wildman–Crippen MR) is 55.2 cm³/mol. The van der Waals surface area contributed by atoms with Crippen molar-refractivity contribution in [1.82, 2.24) is 0 Å². The van der Waals surface area contributed by atoms with E-state index in [1.807, 2.05) is 0 Å². The fourth-order valence-electron chi connectivity index (χ4n) is 0.918. The van der Waals surface area contributed by atoms with Crippen LogP contribution in [0.4, 0.5) is 0 Å². The summed E-state index contributed by atoms with van der Waals surface area (Å²) in [5.41, 5.74) is 0. The smallest absolute Gasteiger partial charge is 0.613 e. The minimum absolute atomic E-state index is 0. The largest absolute Gasteiger partial charge is 1.00 e. The topological polar surface area (TPSA) is 67.8 Å². The van der Waals surface area contributed by atoms with Gasteiger partial charge in [-0.2, -0.15) is 0 Å². The minimum atomic E-state index is -3.45. The van der Waals surface area contributed by atoms with Gasteiger partial charge in [0.15, 0.2) is 0 Å². The van der Waals surface area contributed by atoms with Crippen LogP contribution < -0.4 is 24.0 Å². The third-order valence-corrected chi connectivity index (χ3v) is 3.78. The van der Waals surface area contributed by atoms with Crippen molar-refractivity contribution in [3.8, 4) is 0 Å². The Bertz CT molecular complexity index is 257.